The van der Waals surface area contributed by atoms with Gasteiger partial charge in [0.05, 0.1) is 6.54 Å². The second kappa shape index (κ2) is 6.69. The number of rotatable bonds is 6. The van der Waals surface area contributed by atoms with Gasteiger partial charge in [0.2, 0.25) is 11.8 Å². The second-order valence-electron chi connectivity index (χ2n) is 5.82. The summed E-state index contributed by atoms with van der Waals surface area (Å²) in [4.78, 5) is 13.5. The fourth-order valence-electron chi connectivity index (χ4n) is 1.46. The fraction of sp³-hybridized carbons (Fsp3) is 0.769. The van der Waals surface area contributed by atoms with E-state index in [0.717, 1.165) is 0 Å². The SMILES string of the molecule is CCN(C)C(=O)C(C)Nc1nnc(CNC(C)(C)C)o1. The Balaban J connectivity index is 2.53. The molecule has 0 spiro atoms. The Labute approximate surface area is 120 Å². The molecule has 0 aliphatic heterocycles. The number of nitrogens with one attached hydrogen (secondary N) is 2. The third-order valence-corrected chi connectivity index (χ3v) is 2.80. The van der Waals surface area contributed by atoms with Crippen LogP contribution in [-0.2, 0) is 11.3 Å². The predicted octanol–water partition coefficient (Wildman–Crippen LogP) is 1.24. The van der Waals surface area contributed by atoms with E-state index in [-0.39, 0.29) is 17.5 Å². The van der Waals surface area contributed by atoms with E-state index >= 15 is 0 Å². The van der Waals surface area contributed by atoms with Crippen LogP contribution in [0.1, 0.15) is 40.5 Å². The van der Waals surface area contributed by atoms with E-state index < -0.39 is 6.04 Å². The summed E-state index contributed by atoms with van der Waals surface area (Å²) in [6.07, 6.45) is 0. The monoisotopic (exact) mass is 283 g/mol. The molecule has 1 aromatic heterocycles. The average molecular weight is 283 g/mol. The van der Waals surface area contributed by atoms with Gasteiger partial charge in [-0.05, 0) is 34.6 Å². The van der Waals surface area contributed by atoms with Crippen LogP contribution in [0.3, 0.4) is 0 Å². The lowest BCUT2D eigenvalue weighted by atomic mass is 10.1. The highest BCUT2D eigenvalue weighted by Crippen LogP contribution is 2.09. The molecule has 20 heavy (non-hydrogen) atoms. The molecule has 0 fully saturated rings. The van der Waals surface area contributed by atoms with Gasteiger partial charge in [0, 0.05) is 19.1 Å². The molecule has 0 aliphatic rings. The summed E-state index contributed by atoms with van der Waals surface area (Å²) < 4.78 is 5.45. The topological polar surface area (TPSA) is 83.3 Å². The zero-order valence-corrected chi connectivity index (χ0v) is 13.1. The molecule has 0 saturated heterocycles. The van der Waals surface area contributed by atoms with Crippen LogP contribution in [-0.4, -0.2) is 46.2 Å². The van der Waals surface area contributed by atoms with Crippen LogP contribution in [0.4, 0.5) is 6.01 Å². The van der Waals surface area contributed by atoms with Gasteiger partial charge >= 0.3 is 6.01 Å². The van der Waals surface area contributed by atoms with Crippen molar-refractivity contribution < 1.29 is 9.21 Å². The summed E-state index contributed by atoms with van der Waals surface area (Å²) >= 11 is 0. The molecular weight excluding hydrogens is 258 g/mol. The van der Waals surface area contributed by atoms with Gasteiger partial charge in [-0.1, -0.05) is 5.10 Å². The van der Waals surface area contributed by atoms with Crippen molar-refractivity contribution in [3.63, 3.8) is 0 Å². The van der Waals surface area contributed by atoms with Crippen LogP contribution in [0.25, 0.3) is 0 Å². The number of hydrogen-bond acceptors (Lipinski definition) is 6. The van der Waals surface area contributed by atoms with Gasteiger partial charge < -0.3 is 20.0 Å². The fourth-order valence-corrected chi connectivity index (χ4v) is 1.46. The van der Waals surface area contributed by atoms with E-state index in [9.17, 15) is 4.79 Å². The lowest BCUT2D eigenvalue weighted by Crippen LogP contribution is -2.38. The van der Waals surface area contributed by atoms with Gasteiger partial charge in [-0.15, -0.1) is 5.10 Å². The number of nitrogens with zero attached hydrogens (tertiary/aromatic N) is 3. The highest BCUT2D eigenvalue weighted by atomic mass is 16.4. The number of likely N-dealkylation sites (N-methyl/N-ethyl adjacent to an activating group) is 1. The van der Waals surface area contributed by atoms with E-state index in [0.29, 0.717) is 19.0 Å². The van der Waals surface area contributed by atoms with Crippen molar-refractivity contribution in [2.24, 2.45) is 0 Å². The first-order chi connectivity index (χ1) is 9.23. The summed E-state index contributed by atoms with van der Waals surface area (Å²) in [6, 6.07) is -0.134. The van der Waals surface area contributed by atoms with Crippen molar-refractivity contribution in [3.8, 4) is 0 Å². The van der Waals surface area contributed by atoms with Crippen molar-refractivity contribution in [1.29, 1.82) is 0 Å². The highest BCUT2D eigenvalue weighted by molar-refractivity contribution is 5.83. The van der Waals surface area contributed by atoms with Crippen molar-refractivity contribution in [1.82, 2.24) is 20.4 Å². The molecule has 7 heteroatoms. The maximum atomic E-state index is 11.9. The molecule has 114 valence electrons. The predicted molar refractivity (Wildman–Crippen MR) is 77.3 cm³/mol. The van der Waals surface area contributed by atoms with Crippen molar-refractivity contribution in [3.05, 3.63) is 5.89 Å². The van der Waals surface area contributed by atoms with Crippen LogP contribution in [0.2, 0.25) is 0 Å². The molecule has 0 aliphatic carbocycles. The molecule has 2 N–H and O–H groups in total. The maximum Gasteiger partial charge on any atom is 0.316 e. The Kier molecular flexibility index (Phi) is 5.50. The molecule has 1 heterocycles. The number of aromatic nitrogens is 2. The third kappa shape index (κ3) is 5.16. The minimum atomic E-state index is -0.399. The highest BCUT2D eigenvalue weighted by Gasteiger charge is 2.19. The zero-order chi connectivity index (χ0) is 15.3. The van der Waals surface area contributed by atoms with Crippen LogP contribution in [0, 0.1) is 0 Å². The van der Waals surface area contributed by atoms with Crippen LogP contribution >= 0.6 is 0 Å². The van der Waals surface area contributed by atoms with Gasteiger partial charge in [0.25, 0.3) is 0 Å². The first-order valence-corrected chi connectivity index (χ1v) is 6.82. The molecule has 1 unspecified atom stereocenters. The Bertz CT molecular complexity index is 438. The van der Waals surface area contributed by atoms with Crippen LogP contribution in [0.15, 0.2) is 4.42 Å². The Morgan fingerprint density at radius 2 is 2.05 bits per heavy atom. The molecule has 0 bridgehead atoms. The Morgan fingerprint density at radius 1 is 1.40 bits per heavy atom. The van der Waals surface area contributed by atoms with E-state index in [1.165, 1.54) is 0 Å². The lowest BCUT2D eigenvalue weighted by molar-refractivity contribution is -0.130. The van der Waals surface area contributed by atoms with E-state index in [1.807, 2.05) is 6.92 Å². The Hall–Kier alpha value is -1.63. The minimum absolute atomic E-state index is 0.0138. The second-order valence-corrected chi connectivity index (χ2v) is 5.82. The van der Waals surface area contributed by atoms with Crippen LogP contribution < -0.4 is 10.6 Å². The molecule has 1 atom stereocenters. The van der Waals surface area contributed by atoms with E-state index in [2.05, 4.69) is 41.6 Å². The smallest absolute Gasteiger partial charge is 0.316 e. The number of carbonyl (C=O) groups excluding carboxylic acids is 1. The van der Waals surface area contributed by atoms with Crippen molar-refractivity contribution in [2.45, 2.75) is 52.7 Å². The van der Waals surface area contributed by atoms with Crippen molar-refractivity contribution >= 4 is 11.9 Å². The van der Waals surface area contributed by atoms with Gasteiger partial charge in [-0.3, -0.25) is 4.79 Å². The van der Waals surface area contributed by atoms with Gasteiger partial charge in [0.1, 0.15) is 6.04 Å². The molecule has 1 aromatic rings. The molecule has 1 rings (SSSR count). The average Bonchev–Trinajstić information content (AvgIpc) is 2.81. The van der Waals surface area contributed by atoms with Gasteiger partial charge in [-0.2, -0.15) is 0 Å². The van der Waals surface area contributed by atoms with Crippen molar-refractivity contribution in [2.75, 3.05) is 18.9 Å². The van der Waals surface area contributed by atoms with Gasteiger partial charge in [0.15, 0.2) is 0 Å². The number of carbonyl (C=O) groups is 1. The van der Waals surface area contributed by atoms with E-state index in [4.69, 9.17) is 4.42 Å². The summed E-state index contributed by atoms with van der Waals surface area (Å²) in [6.45, 7) is 11.0. The molecular formula is C13H25N5O2. The maximum absolute atomic E-state index is 11.9. The molecule has 0 aromatic carbocycles. The summed E-state index contributed by atoms with van der Waals surface area (Å²) in [5.74, 6) is 0.478. The Morgan fingerprint density at radius 3 is 2.60 bits per heavy atom. The first kappa shape index (κ1) is 16.4. The lowest BCUT2D eigenvalue weighted by Gasteiger charge is -2.19. The largest absolute Gasteiger partial charge is 0.407 e. The molecule has 1 amide bonds. The summed E-state index contributed by atoms with van der Waals surface area (Å²) in [5, 5.41) is 14.0. The van der Waals surface area contributed by atoms with Crippen LogP contribution in [0.5, 0.6) is 0 Å². The number of hydrogen-bond donors (Lipinski definition) is 2. The summed E-state index contributed by atoms with van der Waals surface area (Å²) in [7, 11) is 1.76. The van der Waals surface area contributed by atoms with E-state index in [1.54, 1.807) is 18.9 Å². The van der Waals surface area contributed by atoms with Gasteiger partial charge in [-0.25, -0.2) is 0 Å². The minimum Gasteiger partial charge on any atom is -0.407 e. The zero-order valence-electron chi connectivity index (χ0n) is 13.1. The molecule has 0 saturated carbocycles. The number of amides is 1. The first-order valence-electron chi connectivity index (χ1n) is 6.82. The quantitative estimate of drug-likeness (QED) is 0.817. The third-order valence-electron chi connectivity index (χ3n) is 2.80. The molecule has 0 radical (unpaired) electrons. The normalized spacial score (nSPS) is 13.1. The summed E-state index contributed by atoms with van der Waals surface area (Å²) in [5.41, 5.74) is -0.0187. The standard InChI is InChI=1S/C13H25N5O2/c1-7-18(6)11(19)9(2)15-12-17-16-10(20-12)8-14-13(3,4)5/h9,14H,7-8H2,1-6H3,(H,15,17). The molecule has 7 nitrogen and oxygen atoms in total. The number of anilines is 1.